The van der Waals surface area contributed by atoms with E-state index >= 15 is 0 Å². The summed E-state index contributed by atoms with van der Waals surface area (Å²) in [7, 11) is 1.92. The van der Waals surface area contributed by atoms with Crippen molar-refractivity contribution >= 4 is 6.08 Å². The van der Waals surface area contributed by atoms with Gasteiger partial charge in [-0.15, -0.1) is 0 Å². The molecule has 0 spiro atoms. The zero-order valence-corrected chi connectivity index (χ0v) is 11.3. The van der Waals surface area contributed by atoms with Crippen LogP contribution in [0.4, 0.5) is 0 Å². The topological polar surface area (TPSA) is 71.2 Å². The van der Waals surface area contributed by atoms with Gasteiger partial charge >= 0.3 is 0 Å². The van der Waals surface area contributed by atoms with Crippen LogP contribution in [0.15, 0.2) is 30.9 Å². The highest BCUT2D eigenvalue weighted by atomic mass is 16.3. The van der Waals surface area contributed by atoms with Crippen LogP contribution in [0.3, 0.4) is 0 Å². The highest BCUT2D eigenvalue weighted by Crippen LogP contribution is 2.35. The van der Waals surface area contributed by atoms with Crippen LogP contribution in [-0.4, -0.2) is 31.4 Å². The first-order valence-electron chi connectivity index (χ1n) is 6.54. The van der Waals surface area contributed by atoms with Crippen molar-refractivity contribution in [2.45, 2.75) is 18.4 Å². The molecule has 0 radical (unpaired) electrons. The number of aliphatic hydroxyl groups excluding tert-OH is 2. The maximum atomic E-state index is 9.93. The van der Waals surface area contributed by atoms with Crippen LogP contribution in [-0.2, 0) is 25.5 Å². The maximum Gasteiger partial charge on any atom is 0.0945 e. The predicted octanol–water partition coefficient (Wildman–Crippen LogP) is 0.807. The van der Waals surface area contributed by atoms with Crippen molar-refractivity contribution in [2.75, 3.05) is 6.61 Å². The molecule has 3 rings (SSSR count). The number of fused-ring (bicyclic) bond motifs is 1. The molecule has 0 saturated carbocycles. The van der Waals surface area contributed by atoms with E-state index in [4.69, 9.17) is 0 Å². The Hall–Kier alpha value is -1.98. The predicted molar refractivity (Wildman–Crippen MR) is 74.9 cm³/mol. The van der Waals surface area contributed by atoms with Crippen molar-refractivity contribution in [2.24, 2.45) is 7.05 Å². The molecule has 0 aromatic carbocycles. The largest absolute Gasteiger partial charge is 0.395 e. The molecule has 2 aromatic heterocycles. The molecule has 1 aliphatic carbocycles. The van der Waals surface area contributed by atoms with Crippen LogP contribution in [0.5, 0.6) is 0 Å². The number of aryl methyl sites for hydroxylation is 1. The van der Waals surface area contributed by atoms with Gasteiger partial charge in [-0.1, -0.05) is 6.08 Å². The Labute approximate surface area is 117 Å². The number of aromatic nitrogens is 3. The summed E-state index contributed by atoms with van der Waals surface area (Å²) in [5, 5.41) is 19.2. The average Bonchev–Trinajstić information content (AvgIpc) is 2.92. The number of aliphatic hydroxyl groups is 2. The number of hydrogen-bond donors (Lipinski definition) is 2. The van der Waals surface area contributed by atoms with Gasteiger partial charge < -0.3 is 14.8 Å². The fourth-order valence-electron chi connectivity index (χ4n) is 2.79. The highest BCUT2D eigenvalue weighted by Gasteiger charge is 2.35. The molecule has 0 amide bonds. The van der Waals surface area contributed by atoms with Crippen molar-refractivity contribution in [3.05, 3.63) is 53.4 Å². The Morgan fingerprint density at radius 3 is 2.85 bits per heavy atom. The lowest BCUT2D eigenvalue weighted by Gasteiger charge is -2.32. The fourth-order valence-corrected chi connectivity index (χ4v) is 2.79. The Morgan fingerprint density at radius 1 is 1.35 bits per heavy atom. The van der Waals surface area contributed by atoms with Gasteiger partial charge in [0.15, 0.2) is 0 Å². The van der Waals surface area contributed by atoms with Crippen LogP contribution < -0.4 is 0 Å². The average molecular weight is 271 g/mol. The summed E-state index contributed by atoms with van der Waals surface area (Å²) < 4.78 is 1.93. The quantitative estimate of drug-likeness (QED) is 0.866. The molecule has 104 valence electrons. The molecule has 5 heteroatoms. The van der Waals surface area contributed by atoms with E-state index in [1.54, 1.807) is 18.7 Å². The Bertz CT molecular complexity index is 663. The van der Waals surface area contributed by atoms with E-state index in [9.17, 15) is 10.2 Å². The van der Waals surface area contributed by atoms with E-state index in [1.165, 1.54) is 0 Å². The van der Waals surface area contributed by atoms with Crippen molar-refractivity contribution < 1.29 is 10.2 Å². The summed E-state index contributed by atoms with van der Waals surface area (Å²) in [5.74, 6) is 0. The molecule has 1 unspecified atom stereocenters. The van der Waals surface area contributed by atoms with Gasteiger partial charge in [0.25, 0.3) is 0 Å². The highest BCUT2D eigenvalue weighted by molar-refractivity contribution is 5.57. The molecular formula is C15H17N3O2. The molecule has 1 aliphatic rings. The molecule has 0 fully saturated rings. The number of hydrogen-bond acceptors (Lipinski definition) is 4. The zero-order valence-electron chi connectivity index (χ0n) is 11.3. The van der Waals surface area contributed by atoms with Crippen LogP contribution in [0, 0.1) is 0 Å². The van der Waals surface area contributed by atoms with Crippen molar-refractivity contribution in [1.29, 1.82) is 0 Å². The van der Waals surface area contributed by atoms with Gasteiger partial charge in [-0.05, 0) is 29.7 Å². The molecule has 2 heterocycles. The molecule has 2 N–H and O–H groups in total. The van der Waals surface area contributed by atoms with Crippen molar-refractivity contribution in [3.8, 4) is 0 Å². The first-order chi connectivity index (χ1) is 9.68. The summed E-state index contributed by atoms with van der Waals surface area (Å²) in [6.45, 7) is -0.0202. The lowest BCUT2D eigenvalue weighted by molar-refractivity contribution is 0.217. The molecule has 0 saturated heterocycles. The van der Waals surface area contributed by atoms with Crippen LogP contribution >= 0.6 is 0 Å². The Kier molecular flexibility index (Phi) is 3.16. The lowest BCUT2D eigenvalue weighted by Crippen LogP contribution is -2.35. The molecule has 5 nitrogen and oxygen atoms in total. The van der Waals surface area contributed by atoms with Crippen LogP contribution in [0.2, 0.25) is 0 Å². The molecule has 1 atom stereocenters. The molecular weight excluding hydrogens is 254 g/mol. The molecule has 2 aromatic rings. The Morgan fingerprint density at radius 2 is 2.20 bits per heavy atom. The Balaban J connectivity index is 2.07. The van der Waals surface area contributed by atoms with Gasteiger partial charge in [-0.3, -0.25) is 4.98 Å². The standard InChI is InChI=1S/C15H17N3O2/c1-18-10-16-7-14(18)15(9-20)3-2-13-12(5-15)4-11(8-19)6-17-13/h2-4,6-7,10,19-20H,5,8-9H2,1H3. The molecule has 0 aliphatic heterocycles. The van der Waals surface area contributed by atoms with Gasteiger partial charge in [-0.25, -0.2) is 4.98 Å². The van der Waals surface area contributed by atoms with Gasteiger partial charge in [0.2, 0.25) is 0 Å². The van der Waals surface area contributed by atoms with E-state index < -0.39 is 5.41 Å². The van der Waals surface area contributed by atoms with Gasteiger partial charge in [0.05, 0.1) is 30.7 Å². The first-order valence-corrected chi connectivity index (χ1v) is 6.54. The fraction of sp³-hybridized carbons (Fsp3) is 0.333. The maximum absolute atomic E-state index is 9.93. The van der Waals surface area contributed by atoms with E-state index in [2.05, 4.69) is 9.97 Å². The van der Waals surface area contributed by atoms with Gasteiger partial charge in [0.1, 0.15) is 0 Å². The normalized spacial score (nSPS) is 20.9. The second-order valence-corrected chi connectivity index (χ2v) is 5.26. The number of imidazole rings is 1. The SMILES string of the molecule is Cn1cncc1C1(CO)C=Cc2ncc(CO)cc2C1. The van der Waals surface area contributed by atoms with E-state index in [-0.39, 0.29) is 13.2 Å². The van der Waals surface area contributed by atoms with Gasteiger partial charge in [-0.2, -0.15) is 0 Å². The third-order valence-corrected chi connectivity index (χ3v) is 3.92. The lowest BCUT2D eigenvalue weighted by atomic mass is 9.75. The summed E-state index contributed by atoms with van der Waals surface area (Å²) in [4.78, 5) is 8.48. The van der Waals surface area contributed by atoms with Crippen LogP contribution in [0.25, 0.3) is 6.08 Å². The summed E-state index contributed by atoms with van der Waals surface area (Å²) >= 11 is 0. The molecule has 20 heavy (non-hydrogen) atoms. The number of pyridine rings is 1. The van der Waals surface area contributed by atoms with Gasteiger partial charge in [0, 0.05) is 25.1 Å². The second-order valence-electron chi connectivity index (χ2n) is 5.26. The first kappa shape index (κ1) is 13.0. The summed E-state index contributed by atoms with van der Waals surface area (Å²) in [6, 6.07) is 1.95. The van der Waals surface area contributed by atoms with Crippen molar-refractivity contribution in [3.63, 3.8) is 0 Å². The minimum absolute atomic E-state index is 0.00578. The monoisotopic (exact) mass is 271 g/mol. The van der Waals surface area contributed by atoms with E-state index in [0.717, 1.165) is 22.5 Å². The summed E-state index contributed by atoms with van der Waals surface area (Å²) in [6.07, 6.45) is 9.78. The minimum atomic E-state index is -0.478. The van der Waals surface area contributed by atoms with E-state index in [0.29, 0.717) is 6.42 Å². The van der Waals surface area contributed by atoms with E-state index in [1.807, 2.05) is 29.8 Å². The number of rotatable bonds is 3. The number of nitrogens with zero attached hydrogens (tertiary/aromatic N) is 3. The summed E-state index contributed by atoms with van der Waals surface area (Å²) in [5.41, 5.74) is 3.21. The second kappa shape index (κ2) is 4.85. The van der Waals surface area contributed by atoms with Crippen LogP contribution in [0.1, 0.15) is 22.5 Å². The van der Waals surface area contributed by atoms with Crippen molar-refractivity contribution in [1.82, 2.24) is 14.5 Å². The molecule has 0 bridgehead atoms. The third-order valence-electron chi connectivity index (χ3n) is 3.92. The zero-order chi connectivity index (χ0) is 14.2. The minimum Gasteiger partial charge on any atom is -0.395 e. The third kappa shape index (κ3) is 1.95. The smallest absolute Gasteiger partial charge is 0.0945 e.